The fraction of sp³-hybridized carbons (Fsp3) is 0.600. The molecule has 3 atom stereocenters. The second-order valence-electron chi connectivity index (χ2n) is 7.59. The van der Waals surface area contributed by atoms with Gasteiger partial charge in [0.15, 0.2) is 0 Å². The Bertz CT molecular complexity index is 725. The molecule has 1 saturated carbocycles. The zero-order valence-corrected chi connectivity index (χ0v) is 16.2. The van der Waals surface area contributed by atoms with Crippen LogP contribution in [0.5, 0.6) is 0 Å². The molecular weight excluding hydrogens is 370 g/mol. The van der Waals surface area contributed by atoms with E-state index in [0.717, 1.165) is 25.0 Å². The number of nitrogens with zero attached hydrogens (tertiary/aromatic N) is 1. The first kappa shape index (κ1) is 20.7. The van der Waals surface area contributed by atoms with E-state index in [1.54, 1.807) is 0 Å². The lowest BCUT2D eigenvalue weighted by Crippen LogP contribution is -2.57. The summed E-state index contributed by atoms with van der Waals surface area (Å²) in [5.74, 6) is -2.33. The van der Waals surface area contributed by atoms with Gasteiger partial charge >= 0.3 is 0 Å². The van der Waals surface area contributed by atoms with Gasteiger partial charge in [0.1, 0.15) is 23.4 Å². The van der Waals surface area contributed by atoms with Crippen LogP contribution in [0.25, 0.3) is 0 Å². The smallest absolute Gasteiger partial charge is 0.257 e. The summed E-state index contributed by atoms with van der Waals surface area (Å²) in [4.78, 5) is 27.4. The number of hydrogen-bond donors (Lipinski definition) is 1. The van der Waals surface area contributed by atoms with E-state index in [1.807, 2.05) is 0 Å². The highest BCUT2D eigenvalue weighted by atomic mass is 19.1. The van der Waals surface area contributed by atoms with E-state index in [2.05, 4.69) is 12.2 Å². The van der Waals surface area contributed by atoms with Crippen LogP contribution in [0, 0.1) is 17.6 Å². The number of carbonyl (C=O) groups excluding carboxylic acids is 2. The minimum atomic E-state index is -0.930. The summed E-state index contributed by atoms with van der Waals surface area (Å²) in [5, 5.41) is 2.73. The molecule has 2 aliphatic rings. The molecule has 0 unspecified atom stereocenters. The van der Waals surface area contributed by atoms with Crippen molar-refractivity contribution in [3.8, 4) is 0 Å². The van der Waals surface area contributed by atoms with Crippen LogP contribution in [0.2, 0.25) is 0 Å². The molecule has 0 aromatic heterocycles. The van der Waals surface area contributed by atoms with E-state index in [4.69, 9.17) is 9.47 Å². The number of hydrogen-bond acceptors (Lipinski definition) is 4. The van der Waals surface area contributed by atoms with Gasteiger partial charge in [0.25, 0.3) is 5.91 Å². The van der Waals surface area contributed by atoms with E-state index < -0.39 is 29.3 Å². The Morgan fingerprint density at radius 1 is 1.32 bits per heavy atom. The molecule has 1 heterocycles. The third kappa shape index (κ3) is 4.17. The lowest BCUT2D eigenvalue weighted by Gasteiger charge is -2.43. The first-order chi connectivity index (χ1) is 13.4. The standard InChI is InChI=1S/C20H26F2N2O4/c1-13-4-3-5-20(11-13)24(17(12-28-20)18(25)23-6-7-27-2)19(26)14-8-15(21)10-16(22)9-14/h8-10,13,17H,3-7,11-12H2,1-2H3,(H,23,25)/t13-,17-,20+/m0/s1. The number of carbonyl (C=O) groups is 2. The lowest BCUT2D eigenvalue weighted by atomic mass is 9.83. The Labute approximate surface area is 163 Å². The summed E-state index contributed by atoms with van der Waals surface area (Å²) in [6, 6.07) is 1.83. The van der Waals surface area contributed by atoms with Gasteiger partial charge in [-0.2, -0.15) is 0 Å². The van der Waals surface area contributed by atoms with Crippen LogP contribution in [-0.4, -0.2) is 55.3 Å². The van der Waals surface area contributed by atoms with Crippen LogP contribution in [0.3, 0.4) is 0 Å². The van der Waals surface area contributed by atoms with E-state index >= 15 is 0 Å². The summed E-state index contributed by atoms with van der Waals surface area (Å²) in [6.07, 6.45) is 3.02. The lowest BCUT2D eigenvalue weighted by molar-refractivity contribution is -0.128. The molecule has 1 saturated heterocycles. The van der Waals surface area contributed by atoms with E-state index in [1.165, 1.54) is 12.0 Å². The van der Waals surface area contributed by atoms with Crippen molar-refractivity contribution in [1.82, 2.24) is 10.2 Å². The first-order valence-electron chi connectivity index (χ1n) is 9.56. The van der Waals surface area contributed by atoms with Crippen molar-refractivity contribution in [3.63, 3.8) is 0 Å². The molecule has 2 fully saturated rings. The highest BCUT2D eigenvalue weighted by Crippen LogP contribution is 2.43. The molecule has 1 aliphatic carbocycles. The van der Waals surface area contributed by atoms with Gasteiger partial charge in [-0.1, -0.05) is 13.3 Å². The quantitative estimate of drug-likeness (QED) is 0.777. The summed E-state index contributed by atoms with van der Waals surface area (Å²) >= 11 is 0. The second kappa shape index (κ2) is 8.53. The summed E-state index contributed by atoms with van der Waals surface area (Å²) in [6.45, 7) is 2.76. The Morgan fingerprint density at radius 2 is 2.04 bits per heavy atom. The molecular formula is C20H26F2N2O4. The highest BCUT2D eigenvalue weighted by molar-refractivity contribution is 5.98. The van der Waals surface area contributed by atoms with Gasteiger partial charge in [-0.15, -0.1) is 0 Å². The molecule has 1 spiro atoms. The van der Waals surface area contributed by atoms with E-state index in [0.29, 0.717) is 38.0 Å². The van der Waals surface area contributed by atoms with Gasteiger partial charge in [0.05, 0.1) is 13.2 Å². The number of benzene rings is 1. The van der Waals surface area contributed by atoms with Crippen molar-refractivity contribution in [2.75, 3.05) is 26.9 Å². The minimum absolute atomic E-state index is 0.0507. The molecule has 2 amide bonds. The molecule has 1 aromatic carbocycles. The van der Waals surface area contributed by atoms with Crippen LogP contribution in [0.1, 0.15) is 43.0 Å². The maximum Gasteiger partial charge on any atom is 0.257 e. The number of amides is 2. The van der Waals surface area contributed by atoms with Gasteiger partial charge in [0.2, 0.25) is 5.91 Å². The van der Waals surface area contributed by atoms with E-state index in [9.17, 15) is 18.4 Å². The second-order valence-corrected chi connectivity index (χ2v) is 7.59. The van der Waals surface area contributed by atoms with Crippen LogP contribution in [0.15, 0.2) is 18.2 Å². The predicted octanol–water partition coefficient (Wildman–Crippen LogP) is 2.47. The first-order valence-corrected chi connectivity index (χ1v) is 9.56. The van der Waals surface area contributed by atoms with Gasteiger partial charge < -0.3 is 14.8 Å². The largest absolute Gasteiger partial charge is 0.383 e. The maximum absolute atomic E-state index is 13.7. The molecule has 1 N–H and O–H groups in total. The third-order valence-electron chi connectivity index (χ3n) is 5.43. The molecule has 154 valence electrons. The monoisotopic (exact) mass is 396 g/mol. The molecule has 1 aromatic rings. The fourth-order valence-corrected chi connectivity index (χ4v) is 4.22. The van der Waals surface area contributed by atoms with Gasteiger partial charge in [-0.3, -0.25) is 14.5 Å². The van der Waals surface area contributed by atoms with Crippen molar-refractivity contribution >= 4 is 11.8 Å². The predicted molar refractivity (Wildman–Crippen MR) is 97.5 cm³/mol. The molecule has 3 rings (SSSR count). The number of rotatable bonds is 5. The van der Waals surface area contributed by atoms with Gasteiger partial charge in [-0.25, -0.2) is 8.78 Å². The SMILES string of the molecule is COCCNC(=O)[C@@H]1CO[C@@]2(CCC[C@H](C)C2)N1C(=O)c1cc(F)cc(F)c1. The average Bonchev–Trinajstić information content (AvgIpc) is 2.98. The van der Waals surface area contributed by atoms with Crippen LogP contribution in [0.4, 0.5) is 8.78 Å². The van der Waals surface area contributed by atoms with Crippen LogP contribution < -0.4 is 5.32 Å². The van der Waals surface area contributed by atoms with Crippen LogP contribution in [-0.2, 0) is 14.3 Å². The Hall–Kier alpha value is -2.06. The topological polar surface area (TPSA) is 67.9 Å². The fourth-order valence-electron chi connectivity index (χ4n) is 4.22. The van der Waals surface area contributed by atoms with Crippen molar-refractivity contribution in [3.05, 3.63) is 35.4 Å². The van der Waals surface area contributed by atoms with Gasteiger partial charge in [-0.05, 0) is 37.3 Å². The summed E-state index contributed by atoms with van der Waals surface area (Å²) in [5.41, 5.74) is -1.06. The maximum atomic E-state index is 13.7. The van der Waals surface area contributed by atoms with E-state index in [-0.39, 0.29) is 18.1 Å². The van der Waals surface area contributed by atoms with Crippen molar-refractivity contribution in [2.45, 2.75) is 44.4 Å². The third-order valence-corrected chi connectivity index (χ3v) is 5.43. The zero-order chi connectivity index (χ0) is 20.3. The Morgan fingerprint density at radius 3 is 2.68 bits per heavy atom. The molecule has 1 aliphatic heterocycles. The Kier molecular flexibility index (Phi) is 6.30. The molecule has 0 bridgehead atoms. The minimum Gasteiger partial charge on any atom is -0.383 e. The Balaban J connectivity index is 1.92. The average molecular weight is 396 g/mol. The van der Waals surface area contributed by atoms with Crippen molar-refractivity contribution in [1.29, 1.82) is 0 Å². The van der Waals surface area contributed by atoms with Crippen molar-refractivity contribution in [2.24, 2.45) is 5.92 Å². The zero-order valence-electron chi connectivity index (χ0n) is 16.2. The molecule has 6 nitrogen and oxygen atoms in total. The summed E-state index contributed by atoms with van der Waals surface area (Å²) < 4.78 is 38.4. The number of methoxy groups -OCH3 is 1. The number of halogens is 2. The number of ether oxygens (including phenoxy) is 2. The molecule has 28 heavy (non-hydrogen) atoms. The normalized spacial score (nSPS) is 27.2. The number of nitrogens with one attached hydrogen (secondary N) is 1. The van der Waals surface area contributed by atoms with Crippen LogP contribution >= 0.6 is 0 Å². The van der Waals surface area contributed by atoms with Gasteiger partial charge in [0, 0.05) is 25.3 Å². The molecule has 8 heteroatoms. The highest BCUT2D eigenvalue weighted by Gasteiger charge is 2.54. The summed E-state index contributed by atoms with van der Waals surface area (Å²) in [7, 11) is 1.53. The molecule has 0 radical (unpaired) electrons. The van der Waals surface area contributed by atoms with Crippen molar-refractivity contribution < 1.29 is 27.8 Å².